The minimum absolute atomic E-state index is 0.186. The summed E-state index contributed by atoms with van der Waals surface area (Å²) < 4.78 is 0. The van der Waals surface area contributed by atoms with E-state index in [0.717, 1.165) is 10.5 Å². The molecule has 0 radical (unpaired) electrons. The number of hydrogen-bond donors (Lipinski definition) is 2. The molecule has 0 spiro atoms. The van der Waals surface area contributed by atoms with E-state index >= 15 is 0 Å². The third-order valence-electron chi connectivity index (χ3n) is 2.11. The van der Waals surface area contributed by atoms with Gasteiger partial charge in [0.1, 0.15) is 6.54 Å². The number of carboxylic acids is 1. The van der Waals surface area contributed by atoms with Crippen molar-refractivity contribution in [1.82, 2.24) is 4.90 Å². The Hall–Kier alpha value is -2.04. The van der Waals surface area contributed by atoms with E-state index in [1.807, 2.05) is 30.3 Å². The second-order valence-corrected chi connectivity index (χ2v) is 3.33. The predicted octanol–water partition coefficient (Wildman–Crippen LogP) is 1.29. The lowest BCUT2D eigenvalue weighted by Gasteiger charge is -2.16. The summed E-state index contributed by atoms with van der Waals surface area (Å²) in [5, 5.41) is 17.3. The molecule has 0 bridgehead atoms. The molecule has 16 heavy (non-hydrogen) atoms. The van der Waals surface area contributed by atoms with Gasteiger partial charge in [-0.15, -0.1) is 0 Å². The summed E-state index contributed by atoms with van der Waals surface area (Å²) in [5.41, 5.74) is 0.985. The number of nitrogens with zero attached hydrogens (tertiary/aromatic N) is 1. The first kappa shape index (κ1) is 12.0. The number of carbonyl (C=O) groups is 2. The molecular formula is C11H13NO4. The molecule has 0 aliphatic carbocycles. The van der Waals surface area contributed by atoms with Gasteiger partial charge in [-0.2, -0.15) is 0 Å². The lowest BCUT2D eigenvalue weighted by atomic mass is 10.1. The molecule has 5 heteroatoms. The predicted molar refractivity (Wildman–Crippen MR) is 57.4 cm³/mol. The average molecular weight is 223 g/mol. The highest BCUT2D eigenvalue weighted by atomic mass is 16.4. The summed E-state index contributed by atoms with van der Waals surface area (Å²) in [7, 11) is 0. The van der Waals surface area contributed by atoms with Crippen LogP contribution in [0.3, 0.4) is 0 Å². The second kappa shape index (κ2) is 5.75. The summed E-state index contributed by atoms with van der Waals surface area (Å²) in [5.74, 6) is -1.14. The summed E-state index contributed by atoms with van der Waals surface area (Å²) in [4.78, 5) is 22.0. The highest BCUT2D eigenvalue weighted by molar-refractivity contribution is 5.75. The summed E-state index contributed by atoms with van der Waals surface area (Å²) in [6.07, 6.45) is -0.696. The van der Waals surface area contributed by atoms with Crippen molar-refractivity contribution in [3.63, 3.8) is 0 Å². The molecule has 0 saturated carbocycles. The molecule has 1 rings (SSSR count). The molecule has 0 heterocycles. The van der Waals surface area contributed by atoms with Gasteiger partial charge in [0, 0.05) is 6.54 Å². The smallest absolute Gasteiger partial charge is 0.407 e. The molecule has 0 aliphatic rings. The van der Waals surface area contributed by atoms with E-state index < -0.39 is 18.6 Å². The number of carboxylic acid groups (broad SMARTS) is 2. The average Bonchev–Trinajstić information content (AvgIpc) is 2.25. The van der Waals surface area contributed by atoms with E-state index in [2.05, 4.69) is 0 Å². The van der Waals surface area contributed by atoms with Crippen molar-refractivity contribution in [2.24, 2.45) is 0 Å². The van der Waals surface area contributed by atoms with Crippen molar-refractivity contribution in [2.45, 2.75) is 6.42 Å². The molecule has 0 aromatic heterocycles. The zero-order chi connectivity index (χ0) is 12.0. The van der Waals surface area contributed by atoms with Gasteiger partial charge in [0.25, 0.3) is 0 Å². The molecule has 0 aliphatic heterocycles. The van der Waals surface area contributed by atoms with Gasteiger partial charge < -0.3 is 10.2 Å². The first-order chi connectivity index (χ1) is 7.59. The van der Waals surface area contributed by atoms with Crippen LogP contribution in [0.25, 0.3) is 0 Å². The highest BCUT2D eigenvalue weighted by Crippen LogP contribution is 2.01. The Morgan fingerprint density at radius 2 is 1.75 bits per heavy atom. The molecule has 0 fully saturated rings. The molecule has 0 saturated heterocycles. The van der Waals surface area contributed by atoms with Crippen molar-refractivity contribution in [3.05, 3.63) is 35.9 Å². The van der Waals surface area contributed by atoms with Crippen molar-refractivity contribution < 1.29 is 19.8 Å². The van der Waals surface area contributed by atoms with Crippen LogP contribution in [0.15, 0.2) is 30.3 Å². The number of hydrogen-bond acceptors (Lipinski definition) is 2. The van der Waals surface area contributed by atoms with Gasteiger partial charge in [-0.3, -0.25) is 9.69 Å². The van der Waals surface area contributed by atoms with Crippen LogP contribution >= 0.6 is 0 Å². The van der Waals surface area contributed by atoms with Crippen molar-refractivity contribution in [1.29, 1.82) is 0 Å². The van der Waals surface area contributed by atoms with Crippen LogP contribution in [-0.4, -0.2) is 40.3 Å². The third kappa shape index (κ3) is 4.00. The lowest BCUT2D eigenvalue weighted by molar-refractivity contribution is -0.137. The molecule has 1 aromatic rings. The Morgan fingerprint density at radius 3 is 2.25 bits per heavy atom. The molecule has 1 aromatic carbocycles. The fraction of sp³-hybridized carbons (Fsp3) is 0.273. The molecule has 2 N–H and O–H groups in total. The molecule has 0 unspecified atom stereocenters. The Labute approximate surface area is 92.9 Å². The van der Waals surface area contributed by atoms with Crippen molar-refractivity contribution in [3.8, 4) is 0 Å². The minimum Gasteiger partial charge on any atom is -0.480 e. The van der Waals surface area contributed by atoms with Gasteiger partial charge in [0.15, 0.2) is 0 Å². The second-order valence-electron chi connectivity index (χ2n) is 3.33. The van der Waals surface area contributed by atoms with Gasteiger partial charge in [-0.1, -0.05) is 30.3 Å². The Balaban J connectivity index is 2.50. The molecule has 86 valence electrons. The van der Waals surface area contributed by atoms with E-state index in [9.17, 15) is 9.59 Å². The zero-order valence-electron chi connectivity index (χ0n) is 8.67. The third-order valence-corrected chi connectivity index (χ3v) is 2.11. The van der Waals surface area contributed by atoms with Crippen LogP contribution in [0, 0.1) is 0 Å². The standard InChI is InChI=1S/C11H13NO4/c13-10(14)8-12(11(15)16)7-6-9-4-2-1-3-5-9/h1-5H,6-8H2,(H,13,14)(H,15,16). The number of rotatable bonds is 5. The van der Waals surface area contributed by atoms with Gasteiger partial charge in [-0.25, -0.2) is 4.79 Å². The monoisotopic (exact) mass is 223 g/mol. The maximum atomic E-state index is 10.7. The van der Waals surface area contributed by atoms with Gasteiger partial charge in [0.2, 0.25) is 0 Å². The number of amides is 1. The van der Waals surface area contributed by atoms with Crippen LogP contribution in [0.1, 0.15) is 5.56 Å². The van der Waals surface area contributed by atoms with Crippen LogP contribution in [0.4, 0.5) is 4.79 Å². The van der Waals surface area contributed by atoms with Crippen LogP contribution in [0.5, 0.6) is 0 Å². The Bertz CT molecular complexity index is 364. The Morgan fingerprint density at radius 1 is 1.12 bits per heavy atom. The SMILES string of the molecule is O=C(O)CN(CCc1ccccc1)C(=O)O. The summed E-state index contributed by atoms with van der Waals surface area (Å²) >= 11 is 0. The fourth-order valence-electron chi connectivity index (χ4n) is 1.31. The highest BCUT2D eigenvalue weighted by Gasteiger charge is 2.14. The van der Waals surface area contributed by atoms with Crippen molar-refractivity contribution in [2.75, 3.05) is 13.1 Å². The number of benzene rings is 1. The molecule has 1 amide bonds. The molecular weight excluding hydrogens is 210 g/mol. The normalized spacial score (nSPS) is 9.75. The first-order valence-electron chi connectivity index (χ1n) is 4.83. The van der Waals surface area contributed by atoms with Crippen molar-refractivity contribution >= 4 is 12.1 Å². The summed E-state index contributed by atoms with van der Waals surface area (Å²) in [6, 6.07) is 9.34. The van der Waals surface area contributed by atoms with E-state index in [-0.39, 0.29) is 6.54 Å². The molecule has 0 atom stereocenters. The van der Waals surface area contributed by atoms with Gasteiger partial charge in [-0.05, 0) is 12.0 Å². The maximum absolute atomic E-state index is 10.7. The van der Waals surface area contributed by atoms with E-state index in [1.54, 1.807) is 0 Å². The maximum Gasteiger partial charge on any atom is 0.407 e. The van der Waals surface area contributed by atoms with E-state index in [1.165, 1.54) is 0 Å². The van der Waals surface area contributed by atoms with E-state index in [0.29, 0.717) is 6.42 Å². The minimum atomic E-state index is -1.21. The Kier molecular flexibility index (Phi) is 4.32. The lowest BCUT2D eigenvalue weighted by Crippen LogP contribution is -2.36. The van der Waals surface area contributed by atoms with Crippen LogP contribution in [-0.2, 0) is 11.2 Å². The quantitative estimate of drug-likeness (QED) is 0.788. The summed E-state index contributed by atoms with van der Waals surface area (Å²) in [6.45, 7) is -0.298. The number of aliphatic carboxylic acids is 1. The molecule has 5 nitrogen and oxygen atoms in total. The van der Waals surface area contributed by atoms with Crippen LogP contribution < -0.4 is 0 Å². The largest absolute Gasteiger partial charge is 0.480 e. The zero-order valence-corrected chi connectivity index (χ0v) is 8.67. The van der Waals surface area contributed by atoms with Gasteiger partial charge >= 0.3 is 12.1 Å². The van der Waals surface area contributed by atoms with Crippen LogP contribution in [0.2, 0.25) is 0 Å². The topological polar surface area (TPSA) is 77.8 Å². The first-order valence-corrected chi connectivity index (χ1v) is 4.83. The van der Waals surface area contributed by atoms with E-state index in [4.69, 9.17) is 10.2 Å². The van der Waals surface area contributed by atoms with Gasteiger partial charge in [0.05, 0.1) is 0 Å². The fourth-order valence-corrected chi connectivity index (χ4v) is 1.31.